The van der Waals surface area contributed by atoms with E-state index in [4.69, 9.17) is 5.26 Å². The van der Waals surface area contributed by atoms with Gasteiger partial charge in [0, 0.05) is 12.1 Å². The molecule has 0 spiro atoms. The molecule has 1 N–H and O–H groups in total. The molecule has 0 aliphatic heterocycles. The quantitative estimate of drug-likeness (QED) is 0.886. The van der Waals surface area contributed by atoms with Crippen LogP contribution < -0.4 is 5.32 Å². The Morgan fingerprint density at radius 2 is 2.22 bits per heavy atom. The van der Waals surface area contributed by atoms with Gasteiger partial charge in [-0.25, -0.2) is 4.98 Å². The van der Waals surface area contributed by atoms with Crippen molar-refractivity contribution in [3.63, 3.8) is 0 Å². The summed E-state index contributed by atoms with van der Waals surface area (Å²) >= 11 is 0. The molecule has 2 atom stereocenters. The van der Waals surface area contributed by atoms with Gasteiger partial charge in [0.25, 0.3) is 0 Å². The molecule has 1 saturated carbocycles. The number of hydrogen-bond acceptors (Lipinski definition) is 4. The zero-order valence-electron chi connectivity index (χ0n) is 11.1. The SMILES string of the molecule is CN(C)[C@H]1CCC[C@@H](Nc2ccc(C#N)nc2)C1. The van der Waals surface area contributed by atoms with Crippen molar-refractivity contribution in [2.24, 2.45) is 0 Å². The number of nitriles is 1. The van der Waals surface area contributed by atoms with Crippen molar-refractivity contribution in [1.29, 1.82) is 5.26 Å². The number of rotatable bonds is 3. The third-order valence-electron chi connectivity index (χ3n) is 3.63. The summed E-state index contributed by atoms with van der Waals surface area (Å²) in [5.74, 6) is 0. The number of pyridine rings is 1. The molecule has 1 aliphatic carbocycles. The van der Waals surface area contributed by atoms with Gasteiger partial charge in [-0.15, -0.1) is 0 Å². The summed E-state index contributed by atoms with van der Waals surface area (Å²) in [5, 5.41) is 12.2. The molecule has 0 bridgehead atoms. The molecule has 1 fully saturated rings. The Hall–Kier alpha value is -1.60. The van der Waals surface area contributed by atoms with Gasteiger partial charge in [-0.05, 0) is 51.9 Å². The highest BCUT2D eigenvalue weighted by Gasteiger charge is 2.23. The molecule has 0 amide bonds. The third kappa shape index (κ3) is 3.21. The molecule has 2 rings (SSSR count). The van der Waals surface area contributed by atoms with Crippen molar-refractivity contribution < 1.29 is 0 Å². The molecule has 0 radical (unpaired) electrons. The maximum absolute atomic E-state index is 8.71. The first-order chi connectivity index (χ1) is 8.69. The highest BCUT2D eigenvalue weighted by atomic mass is 15.1. The Morgan fingerprint density at radius 1 is 1.39 bits per heavy atom. The maximum Gasteiger partial charge on any atom is 0.140 e. The summed E-state index contributed by atoms with van der Waals surface area (Å²) < 4.78 is 0. The Labute approximate surface area is 109 Å². The first-order valence-corrected chi connectivity index (χ1v) is 6.48. The first kappa shape index (κ1) is 12.8. The molecule has 4 nitrogen and oxygen atoms in total. The largest absolute Gasteiger partial charge is 0.381 e. The zero-order chi connectivity index (χ0) is 13.0. The summed E-state index contributed by atoms with van der Waals surface area (Å²) in [6.45, 7) is 0. The Balaban J connectivity index is 1.94. The van der Waals surface area contributed by atoms with Crippen LogP contribution in [0.3, 0.4) is 0 Å². The van der Waals surface area contributed by atoms with Crippen molar-refractivity contribution in [2.75, 3.05) is 19.4 Å². The average molecular weight is 244 g/mol. The van der Waals surface area contributed by atoms with Crippen LogP contribution >= 0.6 is 0 Å². The number of anilines is 1. The fourth-order valence-corrected chi connectivity index (χ4v) is 2.55. The standard InChI is InChI=1S/C14H20N4/c1-18(2)14-5-3-4-11(8-14)17-13-7-6-12(9-15)16-10-13/h6-7,10-11,14,17H,3-5,8H2,1-2H3/t11-,14+/m1/s1. The van der Waals surface area contributed by atoms with Gasteiger partial charge in [0.1, 0.15) is 11.8 Å². The van der Waals surface area contributed by atoms with Gasteiger partial charge in [-0.1, -0.05) is 0 Å². The molecule has 1 heterocycles. The number of aromatic nitrogens is 1. The topological polar surface area (TPSA) is 52.0 Å². The second-order valence-electron chi connectivity index (χ2n) is 5.17. The van der Waals surface area contributed by atoms with Crippen molar-refractivity contribution in [3.05, 3.63) is 24.0 Å². The second kappa shape index (κ2) is 5.83. The maximum atomic E-state index is 8.71. The minimum atomic E-state index is 0.468. The van der Waals surface area contributed by atoms with E-state index >= 15 is 0 Å². The Kier molecular flexibility index (Phi) is 4.16. The monoisotopic (exact) mass is 244 g/mol. The van der Waals surface area contributed by atoms with E-state index in [9.17, 15) is 0 Å². The van der Waals surface area contributed by atoms with Gasteiger partial charge in [-0.2, -0.15) is 5.26 Å². The van der Waals surface area contributed by atoms with E-state index in [0.717, 1.165) is 5.69 Å². The van der Waals surface area contributed by atoms with Crippen LogP contribution in [0.4, 0.5) is 5.69 Å². The smallest absolute Gasteiger partial charge is 0.140 e. The van der Waals surface area contributed by atoms with E-state index in [2.05, 4.69) is 29.3 Å². The van der Waals surface area contributed by atoms with Crippen molar-refractivity contribution in [1.82, 2.24) is 9.88 Å². The van der Waals surface area contributed by atoms with Gasteiger partial charge < -0.3 is 10.2 Å². The fourth-order valence-electron chi connectivity index (χ4n) is 2.55. The van der Waals surface area contributed by atoms with Gasteiger partial charge in [0.2, 0.25) is 0 Å². The molecule has 1 aromatic rings. The summed E-state index contributed by atoms with van der Waals surface area (Å²) in [6.07, 6.45) is 6.69. The molecule has 96 valence electrons. The predicted molar refractivity (Wildman–Crippen MR) is 72.3 cm³/mol. The lowest BCUT2D eigenvalue weighted by molar-refractivity contribution is 0.219. The first-order valence-electron chi connectivity index (χ1n) is 6.48. The highest BCUT2D eigenvalue weighted by Crippen LogP contribution is 2.24. The van der Waals surface area contributed by atoms with Crippen molar-refractivity contribution in [2.45, 2.75) is 37.8 Å². The van der Waals surface area contributed by atoms with Crippen LogP contribution in [0.25, 0.3) is 0 Å². The van der Waals surface area contributed by atoms with Crippen LogP contribution in [-0.2, 0) is 0 Å². The van der Waals surface area contributed by atoms with E-state index < -0.39 is 0 Å². The molecular formula is C14H20N4. The van der Waals surface area contributed by atoms with Gasteiger partial charge in [0.05, 0.1) is 11.9 Å². The minimum absolute atomic E-state index is 0.468. The van der Waals surface area contributed by atoms with Gasteiger partial charge in [-0.3, -0.25) is 0 Å². The minimum Gasteiger partial charge on any atom is -0.381 e. The predicted octanol–water partition coefficient (Wildman–Crippen LogP) is 2.24. The highest BCUT2D eigenvalue weighted by molar-refractivity contribution is 5.43. The van der Waals surface area contributed by atoms with Crippen LogP contribution in [0, 0.1) is 11.3 Å². The molecule has 0 aromatic carbocycles. The summed E-state index contributed by atoms with van der Waals surface area (Å²) in [4.78, 5) is 6.39. The summed E-state index contributed by atoms with van der Waals surface area (Å²) in [5.41, 5.74) is 1.48. The van der Waals surface area contributed by atoms with Crippen molar-refractivity contribution in [3.8, 4) is 6.07 Å². The van der Waals surface area contributed by atoms with Crippen LogP contribution in [0.5, 0.6) is 0 Å². The molecule has 18 heavy (non-hydrogen) atoms. The number of nitrogens with one attached hydrogen (secondary N) is 1. The van der Waals surface area contributed by atoms with Gasteiger partial charge in [0.15, 0.2) is 0 Å². The van der Waals surface area contributed by atoms with Crippen LogP contribution in [-0.4, -0.2) is 36.1 Å². The van der Waals surface area contributed by atoms with Crippen LogP contribution in [0.1, 0.15) is 31.4 Å². The van der Waals surface area contributed by atoms with Crippen LogP contribution in [0.2, 0.25) is 0 Å². The molecular weight excluding hydrogens is 224 g/mol. The number of hydrogen-bond donors (Lipinski definition) is 1. The van der Waals surface area contributed by atoms with Crippen molar-refractivity contribution >= 4 is 5.69 Å². The Morgan fingerprint density at radius 3 is 2.83 bits per heavy atom. The second-order valence-corrected chi connectivity index (χ2v) is 5.17. The fraction of sp³-hybridized carbons (Fsp3) is 0.571. The zero-order valence-corrected chi connectivity index (χ0v) is 11.1. The average Bonchev–Trinajstić information content (AvgIpc) is 2.40. The Bertz CT molecular complexity index is 418. The molecule has 4 heteroatoms. The van der Waals surface area contributed by atoms with E-state index in [-0.39, 0.29) is 0 Å². The molecule has 1 aliphatic rings. The summed E-state index contributed by atoms with van der Waals surface area (Å²) in [6, 6.07) is 6.91. The van der Waals surface area contributed by atoms with E-state index in [1.807, 2.05) is 12.1 Å². The van der Waals surface area contributed by atoms with E-state index in [1.54, 1.807) is 12.3 Å². The molecule has 0 saturated heterocycles. The lowest BCUT2D eigenvalue weighted by Crippen LogP contribution is -2.38. The third-order valence-corrected chi connectivity index (χ3v) is 3.63. The summed E-state index contributed by atoms with van der Waals surface area (Å²) in [7, 11) is 4.30. The van der Waals surface area contributed by atoms with Crippen LogP contribution in [0.15, 0.2) is 18.3 Å². The lowest BCUT2D eigenvalue weighted by atomic mass is 9.90. The van der Waals surface area contributed by atoms with E-state index in [0.29, 0.717) is 17.8 Å². The lowest BCUT2D eigenvalue weighted by Gasteiger charge is -2.34. The molecule has 0 unspecified atom stereocenters. The van der Waals surface area contributed by atoms with Gasteiger partial charge >= 0.3 is 0 Å². The molecule has 1 aromatic heterocycles. The normalized spacial score (nSPS) is 23.7. The van der Waals surface area contributed by atoms with E-state index in [1.165, 1.54) is 25.7 Å². The number of nitrogens with zero attached hydrogens (tertiary/aromatic N) is 3.